The summed E-state index contributed by atoms with van der Waals surface area (Å²) < 4.78 is 0. The maximum atomic E-state index is 4.54. The molecular formula is C16H22N2. The van der Waals surface area contributed by atoms with E-state index in [0.717, 1.165) is 11.2 Å². The Balaban J connectivity index is 2.49. The van der Waals surface area contributed by atoms with Crippen molar-refractivity contribution < 1.29 is 0 Å². The van der Waals surface area contributed by atoms with E-state index in [0.29, 0.717) is 6.04 Å². The lowest BCUT2D eigenvalue weighted by Crippen LogP contribution is -2.29. The summed E-state index contributed by atoms with van der Waals surface area (Å²) in [5.74, 6) is 0. The molecule has 2 rings (SSSR count). The van der Waals surface area contributed by atoms with Crippen LogP contribution in [0.4, 0.5) is 0 Å². The van der Waals surface area contributed by atoms with Crippen LogP contribution in [0.15, 0.2) is 30.3 Å². The third kappa shape index (κ3) is 2.54. The van der Waals surface area contributed by atoms with Crippen LogP contribution in [0.5, 0.6) is 0 Å². The Bertz CT molecular complexity index is 553. The van der Waals surface area contributed by atoms with Gasteiger partial charge < -0.3 is 5.32 Å². The summed E-state index contributed by atoms with van der Waals surface area (Å²) in [5.41, 5.74) is 3.66. The van der Waals surface area contributed by atoms with Crippen LogP contribution in [0.3, 0.4) is 0 Å². The standard InChI is InChI=1S/C16H22N2/c1-11-6-7-12-10-13(8-9-14(12)18-11)15(17-5)16(2,3)4/h6-10,15,17H,1-5H3. The van der Waals surface area contributed by atoms with E-state index in [-0.39, 0.29) is 5.41 Å². The van der Waals surface area contributed by atoms with E-state index in [9.17, 15) is 0 Å². The van der Waals surface area contributed by atoms with Crippen molar-refractivity contribution in [2.24, 2.45) is 5.41 Å². The molecule has 0 aliphatic rings. The van der Waals surface area contributed by atoms with Crippen molar-refractivity contribution in [3.8, 4) is 0 Å². The quantitative estimate of drug-likeness (QED) is 0.865. The molecule has 1 heterocycles. The molecular weight excluding hydrogens is 220 g/mol. The monoisotopic (exact) mass is 242 g/mol. The van der Waals surface area contributed by atoms with Crippen LogP contribution in [-0.4, -0.2) is 12.0 Å². The first kappa shape index (κ1) is 13.0. The second kappa shape index (κ2) is 4.69. The van der Waals surface area contributed by atoms with Gasteiger partial charge in [0.15, 0.2) is 0 Å². The first-order valence-electron chi connectivity index (χ1n) is 6.46. The normalized spacial score (nSPS) is 13.8. The number of pyridine rings is 1. The molecule has 1 N–H and O–H groups in total. The highest BCUT2D eigenvalue weighted by Gasteiger charge is 2.24. The molecule has 0 saturated heterocycles. The minimum Gasteiger partial charge on any atom is -0.313 e. The lowest BCUT2D eigenvalue weighted by atomic mass is 9.82. The number of fused-ring (bicyclic) bond motifs is 1. The fraction of sp³-hybridized carbons (Fsp3) is 0.438. The number of aromatic nitrogens is 1. The number of nitrogens with zero attached hydrogens (tertiary/aromatic N) is 1. The van der Waals surface area contributed by atoms with E-state index >= 15 is 0 Å². The first-order valence-corrected chi connectivity index (χ1v) is 6.46. The predicted molar refractivity (Wildman–Crippen MR) is 77.7 cm³/mol. The molecule has 2 heteroatoms. The van der Waals surface area contributed by atoms with Crippen molar-refractivity contribution in [3.63, 3.8) is 0 Å². The van der Waals surface area contributed by atoms with Crippen LogP contribution in [-0.2, 0) is 0 Å². The summed E-state index contributed by atoms with van der Waals surface area (Å²) in [5, 5.41) is 4.62. The van der Waals surface area contributed by atoms with E-state index in [2.05, 4.69) is 61.4 Å². The van der Waals surface area contributed by atoms with Gasteiger partial charge in [0, 0.05) is 17.1 Å². The predicted octanol–water partition coefficient (Wildman–Crippen LogP) is 3.85. The third-order valence-corrected chi connectivity index (χ3v) is 3.34. The van der Waals surface area contributed by atoms with Gasteiger partial charge in [-0.05, 0) is 43.1 Å². The number of aryl methyl sites for hydroxylation is 1. The summed E-state index contributed by atoms with van der Waals surface area (Å²) in [7, 11) is 2.02. The average molecular weight is 242 g/mol. The van der Waals surface area contributed by atoms with Crippen molar-refractivity contribution in [1.82, 2.24) is 10.3 Å². The molecule has 0 saturated carbocycles. The Morgan fingerprint density at radius 3 is 2.44 bits per heavy atom. The molecule has 0 amide bonds. The molecule has 1 aromatic heterocycles. The van der Waals surface area contributed by atoms with Gasteiger partial charge in [-0.1, -0.05) is 32.9 Å². The van der Waals surface area contributed by atoms with Crippen LogP contribution < -0.4 is 5.32 Å². The zero-order valence-electron chi connectivity index (χ0n) is 11.9. The van der Waals surface area contributed by atoms with Crippen molar-refractivity contribution in [3.05, 3.63) is 41.6 Å². The molecule has 18 heavy (non-hydrogen) atoms. The number of hydrogen-bond donors (Lipinski definition) is 1. The Morgan fingerprint density at radius 2 is 1.83 bits per heavy atom. The van der Waals surface area contributed by atoms with Gasteiger partial charge in [-0.2, -0.15) is 0 Å². The summed E-state index contributed by atoms with van der Waals surface area (Å²) in [6.07, 6.45) is 0. The largest absolute Gasteiger partial charge is 0.313 e. The van der Waals surface area contributed by atoms with E-state index in [1.807, 2.05) is 14.0 Å². The Morgan fingerprint density at radius 1 is 1.11 bits per heavy atom. The van der Waals surface area contributed by atoms with Gasteiger partial charge in [-0.15, -0.1) is 0 Å². The topological polar surface area (TPSA) is 24.9 Å². The Hall–Kier alpha value is -1.41. The van der Waals surface area contributed by atoms with Gasteiger partial charge in [-0.25, -0.2) is 0 Å². The highest BCUT2D eigenvalue weighted by molar-refractivity contribution is 5.79. The molecule has 0 bridgehead atoms. The number of nitrogens with one attached hydrogen (secondary N) is 1. The second-order valence-electron chi connectivity index (χ2n) is 5.99. The van der Waals surface area contributed by atoms with Crippen molar-refractivity contribution in [1.29, 1.82) is 0 Å². The maximum Gasteiger partial charge on any atom is 0.0705 e. The number of rotatable bonds is 2. The Kier molecular flexibility index (Phi) is 3.40. The van der Waals surface area contributed by atoms with Crippen LogP contribution in [0.1, 0.15) is 38.1 Å². The van der Waals surface area contributed by atoms with Crippen molar-refractivity contribution in [2.45, 2.75) is 33.7 Å². The molecule has 1 unspecified atom stereocenters. The molecule has 1 atom stereocenters. The highest BCUT2D eigenvalue weighted by Crippen LogP contribution is 2.33. The van der Waals surface area contributed by atoms with E-state index < -0.39 is 0 Å². The van der Waals surface area contributed by atoms with Gasteiger partial charge in [0.05, 0.1) is 5.52 Å². The molecule has 1 aromatic carbocycles. The Labute approximate surface area is 109 Å². The first-order chi connectivity index (χ1) is 8.41. The molecule has 2 nitrogen and oxygen atoms in total. The number of hydrogen-bond acceptors (Lipinski definition) is 2. The van der Waals surface area contributed by atoms with E-state index in [4.69, 9.17) is 0 Å². The maximum absolute atomic E-state index is 4.54. The van der Waals surface area contributed by atoms with Gasteiger partial charge >= 0.3 is 0 Å². The van der Waals surface area contributed by atoms with Crippen LogP contribution in [0.2, 0.25) is 0 Å². The van der Waals surface area contributed by atoms with Crippen molar-refractivity contribution >= 4 is 10.9 Å². The second-order valence-corrected chi connectivity index (χ2v) is 5.99. The van der Waals surface area contributed by atoms with Crippen LogP contribution in [0.25, 0.3) is 10.9 Å². The molecule has 2 aromatic rings. The lowest BCUT2D eigenvalue weighted by Gasteiger charge is -2.31. The molecule has 0 aliphatic heterocycles. The van der Waals surface area contributed by atoms with Gasteiger partial charge in [0.1, 0.15) is 0 Å². The smallest absolute Gasteiger partial charge is 0.0705 e. The minimum absolute atomic E-state index is 0.195. The zero-order valence-corrected chi connectivity index (χ0v) is 11.9. The van der Waals surface area contributed by atoms with Crippen LogP contribution >= 0.6 is 0 Å². The minimum atomic E-state index is 0.195. The van der Waals surface area contributed by atoms with Crippen molar-refractivity contribution in [2.75, 3.05) is 7.05 Å². The summed E-state index contributed by atoms with van der Waals surface area (Å²) in [6, 6.07) is 11.1. The third-order valence-electron chi connectivity index (χ3n) is 3.34. The molecule has 0 fully saturated rings. The van der Waals surface area contributed by atoms with Gasteiger partial charge in [-0.3, -0.25) is 4.98 Å². The average Bonchev–Trinajstić information content (AvgIpc) is 2.28. The molecule has 0 aliphatic carbocycles. The van der Waals surface area contributed by atoms with Crippen LogP contribution in [0, 0.1) is 12.3 Å². The fourth-order valence-electron chi connectivity index (χ4n) is 2.53. The zero-order chi connectivity index (χ0) is 13.3. The van der Waals surface area contributed by atoms with Gasteiger partial charge in [0.2, 0.25) is 0 Å². The molecule has 0 spiro atoms. The molecule has 0 radical (unpaired) electrons. The summed E-state index contributed by atoms with van der Waals surface area (Å²) >= 11 is 0. The van der Waals surface area contributed by atoms with E-state index in [1.165, 1.54) is 10.9 Å². The summed E-state index contributed by atoms with van der Waals surface area (Å²) in [4.78, 5) is 4.54. The number of benzene rings is 1. The van der Waals surface area contributed by atoms with E-state index in [1.54, 1.807) is 0 Å². The summed E-state index contributed by atoms with van der Waals surface area (Å²) in [6.45, 7) is 8.79. The molecule has 96 valence electrons. The SMILES string of the molecule is CNC(c1ccc2nc(C)ccc2c1)C(C)(C)C. The fourth-order valence-corrected chi connectivity index (χ4v) is 2.53. The highest BCUT2D eigenvalue weighted by atomic mass is 14.9. The van der Waals surface area contributed by atoms with Gasteiger partial charge in [0.25, 0.3) is 0 Å². The lowest BCUT2D eigenvalue weighted by molar-refractivity contribution is 0.287.